The van der Waals surface area contributed by atoms with Gasteiger partial charge in [-0.1, -0.05) is 30.3 Å². The Balaban J connectivity index is 1.41. The Labute approximate surface area is 209 Å². The zero-order chi connectivity index (χ0) is 26.2. The summed E-state index contributed by atoms with van der Waals surface area (Å²) in [6.07, 6.45) is -4.79. The standard InChI is InChI=1S/C28H19F4N3O2/c29-21-14-19(13-20(15-21)28(30,31)32)26(36)34-22-11-9-17(10-12-22)27(37)35-24-7-3-1-5-18(24)16-33-23-6-2-4-8-25(23)35/h1-15,33H,16H2,(H,34,36). The first-order chi connectivity index (χ1) is 17.7. The van der Waals surface area contributed by atoms with Gasteiger partial charge < -0.3 is 10.6 Å². The van der Waals surface area contributed by atoms with Gasteiger partial charge in [0.05, 0.1) is 22.6 Å². The molecule has 0 aliphatic carbocycles. The summed E-state index contributed by atoms with van der Waals surface area (Å²) in [6, 6.07) is 22.5. The lowest BCUT2D eigenvalue weighted by molar-refractivity contribution is -0.137. The van der Waals surface area contributed by atoms with Crippen LogP contribution in [0.4, 0.5) is 40.3 Å². The van der Waals surface area contributed by atoms with Crippen molar-refractivity contribution >= 4 is 34.6 Å². The zero-order valence-electron chi connectivity index (χ0n) is 19.1. The number of halogens is 4. The molecule has 0 fully saturated rings. The predicted octanol–water partition coefficient (Wildman–Crippen LogP) is 7.00. The van der Waals surface area contributed by atoms with E-state index in [1.165, 1.54) is 24.3 Å². The molecular formula is C28H19F4N3O2. The SMILES string of the molecule is O=C(Nc1ccc(C(=O)N2c3ccccc3CNc3ccccc32)cc1)c1cc(F)cc(C(F)(F)F)c1. The Morgan fingerprint density at radius 3 is 2.22 bits per heavy atom. The van der Waals surface area contributed by atoms with Gasteiger partial charge in [-0.05, 0) is 66.2 Å². The van der Waals surface area contributed by atoms with Crippen LogP contribution < -0.4 is 15.5 Å². The number of hydrogen-bond acceptors (Lipinski definition) is 3. The van der Waals surface area contributed by atoms with Gasteiger partial charge in [0.2, 0.25) is 0 Å². The summed E-state index contributed by atoms with van der Waals surface area (Å²) in [5, 5.41) is 5.79. The molecule has 0 atom stereocenters. The normalized spacial score (nSPS) is 12.6. The smallest absolute Gasteiger partial charge is 0.379 e. The highest BCUT2D eigenvalue weighted by atomic mass is 19.4. The molecular weight excluding hydrogens is 486 g/mol. The van der Waals surface area contributed by atoms with Gasteiger partial charge in [-0.15, -0.1) is 0 Å². The number of nitrogens with zero attached hydrogens (tertiary/aromatic N) is 1. The molecule has 37 heavy (non-hydrogen) atoms. The molecule has 5 rings (SSSR count). The molecule has 0 bridgehead atoms. The van der Waals surface area contributed by atoms with Gasteiger partial charge in [-0.3, -0.25) is 14.5 Å². The van der Waals surface area contributed by atoms with Crippen molar-refractivity contribution in [3.05, 3.63) is 119 Å². The van der Waals surface area contributed by atoms with E-state index in [1.807, 2.05) is 48.5 Å². The van der Waals surface area contributed by atoms with Crippen LogP contribution in [-0.4, -0.2) is 11.8 Å². The van der Waals surface area contributed by atoms with Crippen LogP contribution in [0, 0.1) is 5.82 Å². The molecule has 9 heteroatoms. The first-order valence-electron chi connectivity index (χ1n) is 11.3. The van der Waals surface area contributed by atoms with E-state index in [9.17, 15) is 27.2 Å². The third-order valence-electron chi connectivity index (χ3n) is 5.93. The summed E-state index contributed by atoms with van der Waals surface area (Å²) in [6.45, 7) is 0.540. The first-order valence-corrected chi connectivity index (χ1v) is 11.3. The first kappa shape index (κ1) is 24.1. The number of para-hydroxylation sites is 3. The van der Waals surface area contributed by atoms with Crippen LogP contribution in [-0.2, 0) is 12.7 Å². The number of hydrogen-bond donors (Lipinski definition) is 2. The van der Waals surface area contributed by atoms with Crippen LogP contribution in [0.2, 0.25) is 0 Å². The molecule has 5 nitrogen and oxygen atoms in total. The van der Waals surface area contributed by atoms with E-state index in [4.69, 9.17) is 0 Å². The fourth-order valence-corrected chi connectivity index (χ4v) is 4.15. The molecule has 1 aliphatic heterocycles. The largest absolute Gasteiger partial charge is 0.416 e. The Bertz CT molecular complexity index is 1450. The van der Waals surface area contributed by atoms with Gasteiger partial charge >= 0.3 is 6.18 Å². The van der Waals surface area contributed by atoms with Crippen LogP contribution >= 0.6 is 0 Å². The van der Waals surface area contributed by atoms with Crippen LogP contribution in [0.5, 0.6) is 0 Å². The molecule has 0 aromatic heterocycles. The van der Waals surface area contributed by atoms with E-state index in [2.05, 4.69) is 10.6 Å². The number of carbonyl (C=O) groups is 2. The summed E-state index contributed by atoms with van der Waals surface area (Å²) < 4.78 is 52.6. The lowest BCUT2D eigenvalue weighted by Crippen LogP contribution is -2.26. The Morgan fingerprint density at radius 2 is 1.49 bits per heavy atom. The van der Waals surface area contributed by atoms with Crippen molar-refractivity contribution in [1.82, 2.24) is 0 Å². The summed E-state index contributed by atoms with van der Waals surface area (Å²) in [5.74, 6) is -2.39. The number of alkyl halides is 3. The molecule has 2 amide bonds. The Kier molecular flexibility index (Phi) is 6.12. The van der Waals surface area contributed by atoms with E-state index in [0.29, 0.717) is 29.9 Å². The minimum atomic E-state index is -4.79. The molecule has 4 aromatic rings. The van der Waals surface area contributed by atoms with Crippen LogP contribution in [0.3, 0.4) is 0 Å². The van der Waals surface area contributed by atoms with Crippen LogP contribution in [0.1, 0.15) is 31.8 Å². The average Bonchev–Trinajstić information content (AvgIpc) is 3.05. The van der Waals surface area contributed by atoms with Gasteiger partial charge in [0, 0.05) is 23.4 Å². The molecule has 0 saturated heterocycles. The van der Waals surface area contributed by atoms with Crippen LogP contribution in [0.25, 0.3) is 0 Å². The van der Waals surface area contributed by atoms with Gasteiger partial charge in [0.25, 0.3) is 11.8 Å². The molecule has 1 heterocycles. The van der Waals surface area contributed by atoms with Crippen molar-refractivity contribution in [2.45, 2.75) is 12.7 Å². The number of carbonyl (C=O) groups excluding carboxylic acids is 2. The van der Waals surface area contributed by atoms with Gasteiger partial charge in [0.15, 0.2) is 0 Å². The number of anilines is 4. The highest BCUT2D eigenvalue weighted by Crippen LogP contribution is 2.38. The van der Waals surface area contributed by atoms with E-state index in [-0.39, 0.29) is 11.6 Å². The monoisotopic (exact) mass is 505 g/mol. The van der Waals surface area contributed by atoms with E-state index >= 15 is 0 Å². The number of amides is 2. The number of fused-ring (bicyclic) bond motifs is 2. The minimum Gasteiger partial charge on any atom is -0.379 e. The fraction of sp³-hybridized carbons (Fsp3) is 0.0714. The highest BCUT2D eigenvalue weighted by Gasteiger charge is 2.32. The van der Waals surface area contributed by atoms with Gasteiger partial charge in [-0.25, -0.2) is 4.39 Å². The number of benzene rings is 4. The van der Waals surface area contributed by atoms with Gasteiger partial charge in [-0.2, -0.15) is 13.2 Å². The summed E-state index contributed by atoms with van der Waals surface area (Å²) in [4.78, 5) is 27.8. The summed E-state index contributed by atoms with van der Waals surface area (Å²) in [7, 11) is 0. The van der Waals surface area contributed by atoms with Gasteiger partial charge in [0.1, 0.15) is 5.82 Å². The minimum absolute atomic E-state index is 0.234. The maximum absolute atomic E-state index is 13.7. The zero-order valence-corrected chi connectivity index (χ0v) is 19.1. The topological polar surface area (TPSA) is 61.4 Å². The average molecular weight is 505 g/mol. The lowest BCUT2D eigenvalue weighted by Gasteiger charge is -2.24. The predicted molar refractivity (Wildman–Crippen MR) is 132 cm³/mol. The van der Waals surface area contributed by atoms with Crippen molar-refractivity contribution < 1.29 is 27.2 Å². The van der Waals surface area contributed by atoms with E-state index in [1.54, 1.807) is 4.90 Å². The molecule has 2 N–H and O–H groups in total. The third-order valence-corrected chi connectivity index (χ3v) is 5.93. The maximum Gasteiger partial charge on any atom is 0.416 e. The molecule has 0 radical (unpaired) electrons. The second-order valence-electron chi connectivity index (χ2n) is 8.40. The van der Waals surface area contributed by atoms with Crippen LogP contribution in [0.15, 0.2) is 91.0 Å². The third kappa shape index (κ3) is 4.88. The summed E-state index contributed by atoms with van der Waals surface area (Å²) in [5.41, 5.74) is 1.97. The van der Waals surface area contributed by atoms with Crippen molar-refractivity contribution in [3.8, 4) is 0 Å². The second kappa shape index (κ2) is 9.42. The van der Waals surface area contributed by atoms with E-state index < -0.39 is 29.0 Å². The quantitative estimate of drug-likeness (QED) is 0.295. The molecule has 0 spiro atoms. The van der Waals surface area contributed by atoms with Crippen molar-refractivity contribution in [2.75, 3.05) is 15.5 Å². The molecule has 4 aromatic carbocycles. The molecule has 0 saturated carbocycles. The fourth-order valence-electron chi connectivity index (χ4n) is 4.15. The van der Waals surface area contributed by atoms with Crippen molar-refractivity contribution in [3.63, 3.8) is 0 Å². The maximum atomic E-state index is 13.7. The van der Waals surface area contributed by atoms with Crippen molar-refractivity contribution in [2.24, 2.45) is 0 Å². The highest BCUT2D eigenvalue weighted by molar-refractivity contribution is 6.13. The molecule has 186 valence electrons. The number of nitrogens with one attached hydrogen (secondary N) is 2. The lowest BCUT2D eigenvalue weighted by atomic mass is 10.1. The number of rotatable bonds is 3. The molecule has 0 unspecified atom stereocenters. The van der Waals surface area contributed by atoms with Crippen molar-refractivity contribution in [1.29, 1.82) is 0 Å². The Morgan fingerprint density at radius 1 is 0.811 bits per heavy atom. The van der Waals surface area contributed by atoms with E-state index in [0.717, 1.165) is 23.0 Å². The Hall–Kier alpha value is -4.66. The summed E-state index contributed by atoms with van der Waals surface area (Å²) >= 11 is 0. The second-order valence-corrected chi connectivity index (χ2v) is 8.40. The molecule has 1 aliphatic rings.